The third-order valence-electron chi connectivity index (χ3n) is 10.8. The number of allylic oxidation sites excluding steroid dienone is 4. The van der Waals surface area contributed by atoms with Crippen molar-refractivity contribution >= 4 is 16.4 Å². The molecule has 0 aromatic heterocycles. The fourth-order valence-electron chi connectivity index (χ4n) is 7.23. The fourth-order valence-corrected chi connectivity index (χ4v) is 7.74. The summed E-state index contributed by atoms with van der Waals surface area (Å²) in [6.07, 6.45) is 33.5. The van der Waals surface area contributed by atoms with Crippen LogP contribution in [0.2, 0.25) is 0 Å². The van der Waals surface area contributed by atoms with Crippen LogP contribution in [0.15, 0.2) is 24.3 Å². The van der Waals surface area contributed by atoms with Gasteiger partial charge in [0.2, 0.25) is 0 Å². The Morgan fingerprint density at radius 2 is 1.12 bits per heavy atom. The molecular formula is C46H86O12S. The Bertz CT molecular complexity index is 1130. The Hall–Kier alpha value is -1.42. The van der Waals surface area contributed by atoms with E-state index in [9.17, 15) is 28.5 Å². The van der Waals surface area contributed by atoms with Crippen molar-refractivity contribution in [3.8, 4) is 0 Å². The van der Waals surface area contributed by atoms with Gasteiger partial charge in [0.15, 0.2) is 6.29 Å². The van der Waals surface area contributed by atoms with Crippen molar-refractivity contribution in [1.82, 2.24) is 0 Å². The number of unbranched alkanes of at least 4 members (excludes halogenated alkanes) is 24. The van der Waals surface area contributed by atoms with Gasteiger partial charge >= 0.3 is 16.4 Å². The zero-order valence-corrected chi connectivity index (χ0v) is 37.9. The van der Waals surface area contributed by atoms with Gasteiger partial charge in [0.05, 0.1) is 19.8 Å². The maximum atomic E-state index is 12.9. The van der Waals surface area contributed by atoms with Gasteiger partial charge in [0.25, 0.3) is 0 Å². The van der Waals surface area contributed by atoms with Crippen LogP contribution >= 0.6 is 0 Å². The minimum Gasteiger partial charge on any atom is -0.457 e. The van der Waals surface area contributed by atoms with Crippen molar-refractivity contribution < 1.29 is 56.2 Å². The van der Waals surface area contributed by atoms with Gasteiger partial charge < -0.3 is 34.3 Å². The lowest BCUT2D eigenvalue weighted by atomic mass is 9.99. The molecule has 1 aliphatic heterocycles. The zero-order valence-electron chi connectivity index (χ0n) is 37.1. The van der Waals surface area contributed by atoms with E-state index in [1.165, 1.54) is 122 Å². The summed E-state index contributed by atoms with van der Waals surface area (Å²) in [7, 11) is -5.06. The molecule has 0 spiro atoms. The molecule has 0 bridgehead atoms. The topological polar surface area (TPSA) is 178 Å². The van der Waals surface area contributed by atoms with Gasteiger partial charge in [-0.1, -0.05) is 173 Å². The third-order valence-corrected chi connectivity index (χ3v) is 11.3. The lowest BCUT2D eigenvalue weighted by Gasteiger charge is -2.41. The maximum absolute atomic E-state index is 12.9. The molecule has 0 aromatic rings. The highest BCUT2D eigenvalue weighted by molar-refractivity contribution is 7.80. The Morgan fingerprint density at radius 3 is 1.61 bits per heavy atom. The first kappa shape index (κ1) is 55.6. The summed E-state index contributed by atoms with van der Waals surface area (Å²) in [4.78, 5) is 12.9. The Balaban J connectivity index is 2.37. The van der Waals surface area contributed by atoms with Crippen LogP contribution in [0, 0.1) is 0 Å². The standard InChI is InChI=1S/C46H86O12S/c1-3-5-7-9-11-13-15-16-17-18-19-20-21-22-23-24-25-27-29-31-33-35-42(48)56-40(38-54-36-34-32-30-28-26-14-12-10-8-6-4-2)39-55-46-44(50)45(58-59(51,52)53)43(49)41(37-47)57-46/h15-16,18-19,40-41,43-47,49-50H,3-14,17,20-39H2,1-2H3,(H,51,52,53)/b16-15-,19-18-. The van der Waals surface area contributed by atoms with E-state index in [4.69, 9.17) is 23.5 Å². The molecule has 1 saturated heterocycles. The molecule has 1 fully saturated rings. The van der Waals surface area contributed by atoms with Gasteiger partial charge in [-0.3, -0.25) is 9.35 Å². The molecular weight excluding hydrogens is 777 g/mol. The minimum absolute atomic E-state index is 0.0380. The number of aliphatic hydroxyl groups excluding tert-OH is 3. The van der Waals surface area contributed by atoms with Crippen LogP contribution in [0.4, 0.5) is 0 Å². The smallest absolute Gasteiger partial charge is 0.397 e. The molecule has 0 aliphatic carbocycles. The summed E-state index contributed by atoms with van der Waals surface area (Å²) in [6, 6.07) is 0. The van der Waals surface area contributed by atoms with Crippen LogP contribution in [-0.4, -0.2) is 97.5 Å². The van der Waals surface area contributed by atoms with Crippen LogP contribution in [0.3, 0.4) is 0 Å². The van der Waals surface area contributed by atoms with Crippen LogP contribution in [0.5, 0.6) is 0 Å². The molecule has 348 valence electrons. The van der Waals surface area contributed by atoms with Crippen molar-refractivity contribution in [2.45, 2.75) is 237 Å². The first-order valence-electron chi connectivity index (χ1n) is 23.6. The van der Waals surface area contributed by atoms with Crippen molar-refractivity contribution in [3.63, 3.8) is 0 Å². The first-order chi connectivity index (χ1) is 28.6. The van der Waals surface area contributed by atoms with E-state index in [0.29, 0.717) is 13.0 Å². The Labute approximate surface area is 359 Å². The van der Waals surface area contributed by atoms with Gasteiger partial charge in [0.1, 0.15) is 30.5 Å². The molecule has 13 heteroatoms. The average Bonchev–Trinajstić information content (AvgIpc) is 3.20. The summed E-state index contributed by atoms with van der Waals surface area (Å²) < 4.78 is 59.0. The number of ether oxygens (including phenoxy) is 4. The molecule has 0 amide bonds. The largest absolute Gasteiger partial charge is 0.457 e. The van der Waals surface area contributed by atoms with Crippen LogP contribution in [-0.2, 0) is 38.3 Å². The van der Waals surface area contributed by atoms with Crippen molar-refractivity contribution in [2.75, 3.05) is 26.4 Å². The molecule has 1 aliphatic rings. The molecule has 12 nitrogen and oxygen atoms in total. The second kappa shape index (κ2) is 38.3. The highest BCUT2D eigenvalue weighted by atomic mass is 32.3. The van der Waals surface area contributed by atoms with E-state index in [0.717, 1.165) is 51.4 Å². The second-order valence-corrected chi connectivity index (χ2v) is 17.4. The molecule has 0 radical (unpaired) electrons. The SMILES string of the molecule is CCCCCCC/C=C\C/C=C\CCCCCCCCCCCC(=O)OC(COCCCCCCCCCCCCC)COC1OC(CO)C(O)C(OS(=O)(=O)O)C1O. The zero-order chi connectivity index (χ0) is 43.2. The van der Waals surface area contributed by atoms with E-state index in [-0.39, 0.29) is 19.6 Å². The van der Waals surface area contributed by atoms with Crippen molar-refractivity contribution in [3.05, 3.63) is 24.3 Å². The van der Waals surface area contributed by atoms with Crippen molar-refractivity contribution in [2.24, 2.45) is 0 Å². The number of aliphatic hydroxyl groups is 3. The Morgan fingerprint density at radius 1 is 0.644 bits per heavy atom. The summed E-state index contributed by atoms with van der Waals surface area (Å²) in [5, 5.41) is 30.6. The average molecular weight is 863 g/mol. The Kier molecular flexibility index (Phi) is 36.1. The first-order valence-corrected chi connectivity index (χ1v) is 25.0. The van der Waals surface area contributed by atoms with E-state index in [1.54, 1.807) is 0 Å². The lowest BCUT2D eigenvalue weighted by molar-refractivity contribution is -0.301. The summed E-state index contributed by atoms with van der Waals surface area (Å²) in [5.74, 6) is -0.402. The van der Waals surface area contributed by atoms with Gasteiger partial charge in [-0.2, -0.15) is 8.42 Å². The molecule has 0 aromatic carbocycles. The summed E-state index contributed by atoms with van der Waals surface area (Å²) >= 11 is 0. The van der Waals surface area contributed by atoms with Gasteiger partial charge in [-0.05, 0) is 44.9 Å². The molecule has 4 N–H and O–H groups in total. The highest BCUT2D eigenvalue weighted by Gasteiger charge is 2.48. The van der Waals surface area contributed by atoms with Gasteiger partial charge in [-0.25, -0.2) is 4.18 Å². The number of carbonyl (C=O) groups is 1. The number of hydrogen-bond acceptors (Lipinski definition) is 11. The van der Waals surface area contributed by atoms with E-state index < -0.39 is 59.8 Å². The maximum Gasteiger partial charge on any atom is 0.397 e. The quantitative estimate of drug-likeness (QED) is 0.0198. The van der Waals surface area contributed by atoms with Gasteiger partial charge in [0, 0.05) is 13.0 Å². The van der Waals surface area contributed by atoms with E-state index >= 15 is 0 Å². The van der Waals surface area contributed by atoms with E-state index in [2.05, 4.69) is 42.3 Å². The predicted octanol–water partition coefficient (Wildman–Crippen LogP) is 10.0. The monoisotopic (exact) mass is 863 g/mol. The fraction of sp³-hybridized carbons (Fsp3) is 0.891. The van der Waals surface area contributed by atoms with Crippen LogP contribution in [0.25, 0.3) is 0 Å². The van der Waals surface area contributed by atoms with Crippen LogP contribution in [0.1, 0.15) is 200 Å². The normalized spacial score (nSPS) is 20.5. The number of hydrogen-bond donors (Lipinski definition) is 4. The highest BCUT2D eigenvalue weighted by Crippen LogP contribution is 2.26. The minimum atomic E-state index is -5.06. The second-order valence-electron chi connectivity index (χ2n) is 16.4. The molecule has 1 heterocycles. The van der Waals surface area contributed by atoms with Crippen LogP contribution < -0.4 is 0 Å². The number of rotatable bonds is 41. The van der Waals surface area contributed by atoms with Gasteiger partial charge in [-0.15, -0.1) is 0 Å². The van der Waals surface area contributed by atoms with Crippen molar-refractivity contribution in [1.29, 1.82) is 0 Å². The number of carbonyl (C=O) groups excluding carboxylic acids is 1. The molecule has 6 unspecified atom stereocenters. The molecule has 1 rings (SSSR count). The van der Waals surface area contributed by atoms with E-state index in [1.807, 2.05) is 0 Å². The number of esters is 1. The molecule has 59 heavy (non-hydrogen) atoms. The predicted molar refractivity (Wildman–Crippen MR) is 234 cm³/mol. The lowest BCUT2D eigenvalue weighted by Crippen LogP contribution is -2.60. The summed E-state index contributed by atoms with van der Waals surface area (Å²) in [6.45, 7) is 3.98. The third kappa shape index (κ3) is 32.0. The molecule has 6 atom stereocenters. The molecule has 0 saturated carbocycles. The summed E-state index contributed by atoms with van der Waals surface area (Å²) in [5.41, 5.74) is 0.